The summed E-state index contributed by atoms with van der Waals surface area (Å²) in [6.45, 7) is 5.77. The van der Waals surface area contributed by atoms with Gasteiger partial charge in [0.1, 0.15) is 6.26 Å². The van der Waals surface area contributed by atoms with E-state index in [1.54, 1.807) is 12.1 Å². The highest BCUT2D eigenvalue weighted by Crippen LogP contribution is 2.18. The van der Waals surface area contributed by atoms with Crippen molar-refractivity contribution >= 4 is 11.8 Å². The lowest BCUT2D eigenvalue weighted by molar-refractivity contribution is -0.121. The molecule has 0 unspecified atom stereocenters. The molecule has 1 fully saturated rings. The summed E-state index contributed by atoms with van der Waals surface area (Å²) in [5.41, 5.74) is 0.603. The largest absolute Gasteiger partial charge is 0.472 e. The zero-order valence-corrected chi connectivity index (χ0v) is 12.2. The second kappa shape index (κ2) is 7.67. The van der Waals surface area contributed by atoms with Crippen molar-refractivity contribution in [1.29, 1.82) is 0 Å². The summed E-state index contributed by atoms with van der Waals surface area (Å²) in [5.74, 6) is 0.551. The molecular formula is C16H22N2O3. The van der Waals surface area contributed by atoms with Gasteiger partial charge in [0.25, 0.3) is 5.91 Å². The van der Waals surface area contributed by atoms with Gasteiger partial charge >= 0.3 is 0 Å². The molecule has 21 heavy (non-hydrogen) atoms. The lowest BCUT2D eigenvalue weighted by atomic mass is 9.96. The Kier molecular flexibility index (Phi) is 5.60. The average molecular weight is 290 g/mol. The van der Waals surface area contributed by atoms with Crippen molar-refractivity contribution < 1.29 is 14.0 Å². The van der Waals surface area contributed by atoms with Gasteiger partial charge in [0, 0.05) is 26.1 Å². The molecule has 1 aliphatic rings. The van der Waals surface area contributed by atoms with Crippen molar-refractivity contribution in [2.75, 3.05) is 19.6 Å². The van der Waals surface area contributed by atoms with E-state index in [-0.39, 0.29) is 11.8 Å². The lowest BCUT2D eigenvalue weighted by Gasteiger charge is -2.31. The minimum absolute atomic E-state index is 0.0252. The number of likely N-dealkylation sites (tertiary alicyclic amines) is 1. The molecule has 0 bridgehead atoms. The number of piperidine rings is 1. The third-order valence-corrected chi connectivity index (χ3v) is 3.83. The molecule has 5 nitrogen and oxygen atoms in total. The number of furan rings is 1. The molecule has 2 heterocycles. The zero-order valence-electron chi connectivity index (χ0n) is 12.2. The smallest absolute Gasteiger partial charge is 0.257 e. The van der Waals surface area contributed by atoms with E-state index in [2.05, 4.69) is 11.9 Å². The van der Waals surface area contributed by atoms with E-state index < -0.39 is 0 Å². The summed E-state index contributed by atoms with van der Waals surface area (Å²) in [6.07, 6.45) is 7.80. The third-order valence-electron chi connectivity index (χ3n) is 3.83. The van der Waals surface area contributed by atoms with Crippen LogP contribution >= 0.6 is 0 Å². The Morgan fingerprint density at radius 1 is 1.43 bits per heavy atom. The molecule has 1 aromatic heterocycles. The molecule has 2 amide bonds. The van der Waals surface area contributed by atoms with Crippen LogP contribution in [0.5, 0.6) is 0 Å². The molecule has 1 aromatic rings. The number of hydrogen-bond donors (Lipinski definition) is 1. The van der Waals surface area contributed by atoms with Crippen LogP contribution in [0.4, 0.5) is 0 Å². The summed E-state index contributed by atoms with van der Waals surface area (Å²) < 4.78 is 4.94. The van der Waals surface area contributed by atoms with Gasteiger partial charge in [0.15, 0.2) is 0 Å². The Morgan fingerprint density at radius 3 is 2.81 bits per heavy atom. The molecule has 0 aromatic carbocycles. The number of hydrogen-bond acceptors (Lipinski definition) is 3. The van der Waals surface area contributed by atoms with E-state index in [1.807, 2.05) is 4.90 Å². The van der Waals surface area contributed by atoms with Gasteiger partial charge in [0.05, 0.1) is 11.8 Å². The molecule has 1 aliphatic heterocycles. The van der Waals surface area contributed by atoms with Crippen LogP contribution in [0.2, 0.25) is 0 Å². The fraction of sp³-hybridized carbons (Fsp3) is 0.500. The van der Waals surface area contributed by atoms with Crippen LogP contribution in [0.1, 0.15) is 36.0 Å². The maximum absolute atomic E-state index is 12.1. The van der Waals surface area contributed by atoms with Crippen LogP contribution in [0.3, 0.4) is 0 Å². The maximum atomic E-state index is 12.1. The average Bonchev–Trinajstić information content (AvgIpc) is 3.05. The monoisotopic (exact) mass is 290 g/mol. The molecule has 0 radical (unpaired) electrons. The van der Waals surface area contributed by atoms with Crippen molar-refractivity contribution in [2.24, 2.45) is 5.92 Å². The number of rotatable bonds is 6. The van der Waals surface area contributed by atoms with Gasteiger partial charge < -0.3 is 14.6 Å². The van der Waals surface area contributed by atoms with Crippen molar-refractivity contribution in [1.82, 2.24) is 10.2 Å². The standard InChI is InChI=1S/C16H22N2O3/c1-2-3-4-15(19)17-11-13-5-8-18(9-6-13)16(20)14-7-10-21-12-14/h2,7,10,12-13H,1,3-6,8-9,11H2,(H,17,19). The van der Waals surface area contributed by atoms with Gasteiger partial charge in [0.2, 0.25) is 5.91 Å². The highest BCUT2D eigenvalue weighted by Gasteiger charge is 2.24. The number of carbonyl (C=O) groups excluding carboxylic acids is 2. The molecule has 1 N–H and O–H groups in total. The Morgan fingerprint density at radius 2 is 2.19 bits per heavy atom. The van der Waals surface area contributed by atoms with Crippen LogP contribution in [0, 0.1) is 5.92 Å². The van der Waals surface area contributed by atoms with Crippen molar-refractivity contribution in [3.63, 3.8) is 0 Å². The normalized spacial score (nSPS) is 15.7. The predicted octanol–water partition coefficient (Wildman–Crippen LogP) is 2.21. The first kappa shape index (κ1) is 15.4. The SMILES string of the molecule is C=CCCC(=O)NCC1CCN(C(=O)c2ccoc2)CC1. The summed E-state index contributed by atoms with van der Waals surface area (Å²) in [6, 6.07) is 1.69. The minimum atomic E-state index is 0.0252. The molecule has 0 saturated carbocycles. The molecule has 5 heteroatoms. The first-order valence-corrected chi connectivity index (χ1v) is 7.39. The minimum Gasteiger partial charge on any atom is -0.472 e. The predicted molar refractivity (Wildman–Crippen MR) is 79.8 cm³/mol. The van der Waals surface area contributed by atoms with Crippen LogP contribution in [0.15, 0.2) is 35.7 Å². The molecular weight excluding hydrogens is 268 g/mol. The molecule has 0 aliphatic carbocycles. The van der Waals surface area contributed by atoms with E-state index in [9.17, 15) is 9.59 Å². The second-order valence-corrected chi connectivity index (χ2v) is 5.38. The van der Waals surface area contributed by atoms with E-state index in [4.69, 9.17) is 4.42 Å². The summed E-state index contributed by atoms with van der Waals surface area (Å²) in [7, 11) is 0. The van der Waals surface area contributed by atoms with E-state index in [1.165, 1.54) is 12.5 Å². The highest BCUT2D eigenvalue weighted by atomic mass is 16.3. The maximum Gasteiger partial charge on any atom is 0.257 e. The fourth-order valence-electron chi connectivity index (χ4n) is 2.49. The lowest BCUT2D eigenvalue weighted by Crippen LogP contribution is -2.41. The fourth-order valence-corrected chi connectivity index (χ4v) is 2.49. The first-order valence-electron chi connectivity index (χ1n) is 7.39. The molecule has 0 spiro atoms. The van der Waals surface area contributed by atoms with Crippen molar-refractivity contribution in [2.45, 2.75) is 25.7 Å². The number of amides is 2. The Labute approximate surface area is 125 Å². The number of carbonyl (C=O) groups is 2. The molecule has 114 valence electrons. The van der Waals surface area contributed by atoms with E-state index >= 15 is 0 Å². The molecule has 2 rings (SSSR count). The van der Waals surface area contributed by atoms with Gasteiger partial charge in [-0.1, -0.05) is 6.08 Å². The summed E-state index contributed by atoms with van der Waals surface area (Å²) in [5, 5.41) is 2.95. The molecule has 0 atom stereocenters. The van der Waals surface area contributed by atoms with E-state index in [0.717, 1.165) is 25.9 Å². The Balaban J connectivity index is 1.70. The van der Waals surface area contributed by atoms with Crippen molar-refractivity contribution in [3.8, 4) is 0 Å². The van der Waals surface area contributed by atoms with Gasteiger partial charge in [-0.3, -0.25) is 9.59 Å². The van der Waals surface area contributed by atoms with Crippen LogP contribution in [0.25, 0.3) is 0 Å². The third kappa shape index (κ3) is 4.48. The van der Waals surface area contributed by atoms with Gasteiger partial charge in [-0.15, -0.1) is 6.58 Å². The first-order chi connectivity index (χ1) is 10.2. The highest BCUT2D eigenvalue weighted by molar-refractivity contribution is 5.93. The zero-order chi connectivity index (χ0) is 15.1. The summed E-state index contributed by atoms with van der Waals surface area (Å²) in [4.78, 5) is 25.5. The summed E-state index contributed by atoms with van der Waals surface area (Å²) >= 11 is 0. The second-order valence-electron chi connectivity index (χ2n) is 5.38. The topological polar surface area (TPSA) is 62.6 Å². The Hall–Kier alpha value is -2.04. The van der Waals surface area contributed by atoms with Crippen LogP contribution in [-0.2, 0) is 4.79 Å². The number of allylic oxidation sites excluding steroid dienone is 1. The Bertz CT molecular complexity index is 474. The van der Waals surface area contributed by atoms with Crippen LogP contribution in [-0.4, -0.2) is 36.3 Å². The van der Waals surface area contributed by atoms with Crippen LogP contribution < -0.4 is 5.32 Å². The molecule has 1 saturated heterocycles. The van der Waals surface area contributed by atoms with E-state index in [0.29, 0.717) is 30.9 Å². The van der Waals surface area contributed by atoms with Gasteiger partial charge in [-0.05, 0) is 31.2 Å². The number of nitrogens with one attached hydrogen (secondary N) is 1. The number of nitrogens with zero attached hydrogens (tertiary/aromatic N) is 1. The van der Waals surface area contributed by atoms with Crippen molar-refractivity contribution in [3.05, 3.63) is 36.8 Å². The van der Waals surface area contributed by atoms with Gasteiger partial charge in [-0.25, -0.2) is 0 Å². The quantitative estimate of drug-likeness (QED) is 0.817. The van der Waals surface area contributed by atoms with Gasteiger partial charge in [-0.2, -0.15) is 0 Å².